The van der Waals surface area contributed by atoms with Gasteiger partial charge in [-0.15, -0.1) is 0 Å². The smallest absolute Gasteiger partial charge is 0.343 e. The molecule has 4 aliphatic rings. The fraction of sp³-hybridized carbons (Fsp3) is 0.483. The number of fused-ring (bicyclic) bond motifs is 5. The lowest BCUT2D eigenvalue weighted by Crippen LogP contribution is -2.47. The second-order valence-corrected chi connectivity index (χ2v) is 21.1. The van der Waals surface area contributed by atoms with E-state index < -0.39 is 64.9 Å². The number of esters is 1. The Balaban J connectivity index is 0.787. The van der Waals surface area contributed by atoms with Crippen molar-refractivity contribution in [1.29, 1.82) is 0 Å². The van der Waals surface area contributed by atoms with Crippen LogP contribution in [0.1, 0.15) is 99.5 Å². The number of amides is 7. The van der Waals surface area contributed by atoms with Crippen LogP contribution in [0.4, 0.5) is 10.1 Å². The quantitative estimate of drug-likeness (QED) is 0.0263. The molecule has 23 nitrogen and oxygen atoms in total. The number of aliphatic hydroxyl groups is 1. The van der Waals surface area contributed by atoms with Crippen molar-refractivity contribution in [2.24, 2.45) is 0 Å². The number of halogens is 1. The van der Waals surface area contributed by atoms with Crippen molar-refractivity contribution in [2.45, 2.75) is 122 Å². The summed E-state index contributed by atoms with van der Waals surface area (Å²) in [4.78, 5) is 125. The number of nitrogens with zero attached hydrogens (tertiary/aromatic N) is 5. The van der Waals surface area contributed by atoms with Gasteiger partial charge in [0.2, 0.25) is 29.5 Å². The minimum absolute atomic E-state index is 0.00691. The molecule has 4 aliphatic heterocycles. The molecule has 4 aromatic rings. The Morgan fingerprint density at radius 3 is 2.29 bits per heavy atom. The molecule has 438 valence electrons. The van der Waals surface area contributed by atoms with E-state index in [9.17, 15) is 48.3 Å². The van der Waals surface area contributed by atoms with E-state index in [4.69, 9.17) is 19.2 Å². The maximum Gasteiger partial charge on any atom is 0.343 e. The number of piperidine rings is 1. The highest BCUT2D eigenvalue weighted by atomic mass is 19.1. The number of imide groups is 1. The van der Waals surface area contributed by atoms with Crippen LogP contribution in [0.3, 0.4) is 0 Å². The minimum Gasteiger partial charge on any atom is -0.494 e. The van der Waals surface area contributed by atoms with E-state index in [1.54, 1.807) is 42.7 Å². The van der Waals surface area contributed by atoms with Crippen molar-refractivity contribution in [3.8, 4) is 17.1 Å². The molecule has 0 radical (unpaired) electrons. The van der Waals surface area contributed by atoms with Crippen LogP contribution in [0.2, 0.25) is 0 Å². The zero-order chi connectivity index (χ0) is 58.8. The van der Waals surface area contributed by atoms with Crippen LogP contribution in [0, 0.1) is 5.82 Å². The van der Waals surface area contributed by atoms with Crippen LogP contribution in [-0.2, 0) is 79.7 Å². The molecular formula is C58H71FN10O13. The molecule has 0 unspecified atom stereocenters. The molecule has 0 spiro atoms. The van der Waals surface area contributed by atoms with Gasteiger partial charge in [-0.1, -0.05) is 19.1 Å². The molecule has 1 saturated heterocycles. The van der Waals surface area contributed by atoms with Gasteiger partial charge < -0.3 is 50.5 Å². The molecule has 0 aliphatic carbocycles. The van der Waals surface area contributed by atoms with Crippen molar-refractivity contribution in [2.75, 3.05) is 65.9 Å². The lowest BCUT2D eigenvalue weighted by Gasteiger charge is -2.37. The Bertz CT molecular complexity index is 3200. The van der Waals surface area contributed by atoms with Crippen LogP contribution in [0.15, 0.2) is 59.4 Å². The van der Waals surface area contributed by atoms with Crippen LogP contribution >= 0.6 is 0 Å². The molecule has 82 heavy (non-hydrogen) atoms. The second-order valence-electron chi connectivity index (χ2n) is 21.1. The van der Waals surface area contributed by atoms with Gasteiger partial charge in [0.15, 0.2) is 17.2 Å². The number of rotatable bonds is 26. The first kappa shape index (κ1) is 60.2. The van der Waals surface area contributed by atoms with E-state index in [1.807, 2.05) is 12.1 Å². The van der Waals surface area contributed by atoms with Gasteiger partial charge in [-0.25, -0.2) is 14.2 Å². The Hall–Kier alpha value is -7.93. The first-order valence-corrected chi connectivity index (χ1v) is 27.7. The molecule has 6 heterocycles. The molecule has 6 N–H and O–H groups in total. The summed E-state index contributed by atoms with van der Waals surface area (Å²) in [6.07, 6.45) is 4.23. The van der Waals surface area contributed by atoms with E-state index in [-0.39, 0.29) is 112 Å². The molecule has 3 atom stereocenters. The highest BCUT2D eigenvalue weighted by Crippen LogP contribution is 2.42. The van der Waals surface area contributed by atoms with Gasteiger partial charge in [-0.3, -0.25) is 53.1 Å². The first-order valence-electron chi connectivity index (χ1n) is 27.7. The van der Waals surface area contributed by atoms with E-state index in [2.05, 4.69) is 43.4 Å². The van der Waals surface area contributed by atoms with E-state index in [1.165, 1.54) is 20.3 Å². The Kier molecular flexibility index (Phi) is 19.6. The number of aromatic nitrogens is 2. The Labute approximate surface area is 473 Å². The summed E-state index contributed by atoms with van der Waals surface area (Å²) in [6.45, 7) is 6.47. The van der Waals surface area contributed by atoms with Crippen molar-refractivity contribution < 1.29 is 62.1 Å². The summed E-state index contributed by atoms with van der Waals surface area (Å²) < 4.78 is 32.4. The van der Waals surface area contributed by atoms with Crippen LogP contribution in [0.25, 0.3) is 22.3 Å². The fourth-order valence-corrected chi connectivity index (χ4v) is 10.8. The number of pyridine rings is 2. The fourth-order valence-electron chi connectivity index (χ4n) is 10.8. The molecule has 24 heteroatoms. The van der Waals surface area contributed by atoms with E-state index >= 15 is 4.39 Å². The summed E-state index contributed by atoms with van der Waals surface area (Å²) >= 11 is 0. The summed E-state index contributed by atoms with van der Waals surface area (Å²) in [6, 6.07) is 10.4. The number of cyclic esters (lactones) is 1. The number of carbonyl (C=O) groups is 8. The third-order valence-corrected chi connectivity index (χ3v) is 15.6. The van der Waals surface area contributed by atoms with Crippen LogP contribution in [-0.4, -0.2) is 155 Å². The number of hydrogen-bond donors (Lipinski definition) is 6. The molecule has 0 bridgehead atoms. The normalized spacial score (nSPS) is 17.5. The van der Waals surface area contributed by atoms with Crippen LogP contribution < -0.4 is 36.9 Å². The second kappa shape index (κ2) is 26.8. The predicted octanol–water partition coefficient (Wildman–Crippen LogP) is 2.40. The minimum atomic E-state index is -1.99. The topological polar surface area (TPSA) is 289 Å². The summed E-state index contributed by atoms with van der Waals surface area (Å²) in [5.41, 5.74) is 2.66. The molecule has 8 rings (SSSR count). The van der Waals surface area contributed by atoms with Gasteiger partial charge in [0.25, 0.3) is 17.4 Å². The van der Waals surface area contributed by atoms with E-state index in [0.29, 0.717) is 47.7 Å². The first-order chi connectivity index (χ1) is 39.3. The lowest BCUT2D eigenvalue weighted by molar-refractivity contribution is -0.172. The number of likely N-dealkylation sites (tertiary alicyclic amines) is 1. The average Bonchev–Trinajstić information content (AvgIpc) is 1.97. The summed E-state index contributed by atoms with van der Waals surface area (Å²) in [5, 5.41) is 25.6. The molecule has 7 amide bonds. The van der Waals surface area contributed by atoms with Crippen molar-refractivity contribution in [3.05, 3.63) is 98.6 Å². The number of nitrogens with one attached hydrogen (secondary N) is 5. The maximum atomic E-state index is 15.3. The molecule has 0 saturated carbocycles. The van der Waals surface area contributed by atoms with Gasteiger partial charge in [0.1, 0.15) is 18.7 Å². The number of anilines is 1. The number of methoxy groups -OCH3 is 2. The SMILES string of the molecule is CC[C@@]1(O)C(=O)OCc2c1cc1n(c2=O)Cc2c-1nc1cc(F)c(OC)cc1c2CN1CCC(N(C)Cc2ccc(NC(=O)[C@H](C)NC(=O)CCCNC(=O)[C@H](CCC(=O)NCCOC)NC(=O)CCCN3C(=O)C=CC3=O)cc2)CC1. The molecule has 2 aromatic heterocycles. The van der Waals surface area contributed by atoms with Gasteiger partial charge in [0, 0.05) is 106 Å². The number of ether oxygens (including phenoxy) is 3. The number of benzene rings is 2. The largest absolute Gasteiger partial charge is 0.494 e. The van der Waals surface area contributed by atoms with Crippen molar-refractivity contribution in [3.63, 3.8) is 0 Å². The lowest BCUT2D eigenvalue weighted by atomic mass is 9.86. The number of hydrogen-bond acceptors (Lipinski definition) is 16. The predicted molar refractivity (Wildman–Crippen MR) is 297 cm³/mol. The van der Waals surface area contributed by atoms with Gasteiger partial charge >= 0.3 is 5.97 Å². The summed E-state index contributed by atoms with van der Waals surface area (Å²) in [5.74, 6) is -4.49. The number of carbonyl (C=O) groups excluding carboxylic acids is 8. The maximum absolute atomic E-state index is 15.3. The Morgan fingerprint density at radius 1 is 0.890 bits per heavy atom. The van der Waals surface area contributed by atoms with Crippen LogP contribution in [0.5, 0.6) is 5.75 Å². The zero-order valence-electron chi connectivity index (χ0n) is 46.8. The highest BCUT2D eigenvalue weighted by molar-refractivity contribution is 6.12. The molecule has 1 fully saturated rings. The third kappa shape index (κ3) is 13.9. The standard InChI is InChI=1S/C58H71FN10O13/c1-6-58(79)42-28-46-53-40(32-69(46)56(77)41(42)33-82-57(58)78)39(38-27-47(81-5)43(59)29-45(38)65-53)31-67-24-19-37(20-25-67)66(3)30-35-11-13-36(14-12-35)63-54(75)34(2)62-49(71)9-7-21-61-55(76)44(15-16-48(70)60-22-26-80-4)64-50(72)10-8-23-68-51(73)17-18-52(68)74/h11-14,17-18,27-29,34,37,44,79H,6-10,15-16,19-26,30-33H2,1-5H3,(H,60,70)(H,61,76)(H,62,71)(H,63,75)(H,64,72)/t34-,44-,58-/m0/s1. The van der Waals surface area contributed by atoms with Crippen molar-refractivity contribution >= 4 is 63.9 Å². The molecular weight excluding hydrogens is 1060 g/mol. The van der Waals surface area contributed by atoms with Gasteiger partial charge in [0.05, 0.1) is 42.7 Å². The highest BCUT2D eigenvalue weighted by Gasteiger charge is 2.46. The average molecular weight is 1140 g/mol. The zero-order valence-corrected chi connectivity index (χ0v) is 46.8. The van der Waals surface area contributed by atoms with Gasteiger partial charge in [-0.05, 0) is 101 Å². The third-order valence-electron chi connectivity index (χ3n) is 15.6. The Morgan fingerprint density at radius 2 is 1.60 bits per heavy atom. The van der Waals surface area contributed by atoms with E-state index in [0.717, 1.165) is 59.7 Å². The monoisotopic (exact) mass is 1130 g/mol. The van der Waals surface area contributed by atoms with Crippen molar-refractivity contribution in [1.82, 2.24) is 45.5 Å². The molecule has 2 aromatic carbocycles. The van der Waals surface area contributed by atoms with Gasteiger partial charge in [-0.2, -0.15) is 0 Å². The summed E-state index contributed by atoms with van der Waals surface area (Å²) in [7, 11) is 4.98.